The Balaban J connectivity index is 1.40. The maximum atomic E-state index is 13.5. The third-order valence-corrected chi connectivity index (χ3v) is 7.14. The fourth-order valence-corrected chi connectivity index (χ4v) is 5.22. The van der Waals surface area contributed by atoms with Crippen LogP contribution in [0.1, 0.15) is 39.7 Å². The summed E-state index contributed by atoms with van der Waals surface area (Å²) >= 11 is 1.49. The quantitative estimate of drug-likeness (QED) is 0.538. The predicted molar refractivity (Wildman–Crippen MR) is 127 cm³/mol. The monoisotopic (exact) mass is 475 g/mol. The molecule has 34 heavy (non-hydrogen) atoms. The first-order valence-corrected chi connectivity index (χ1v) is 11.9. The Morgan fingerprint density at radius 1 is 1.03 bits per heavy atom. The van der Waals surface area contributed by atoms with Gasteiger partial charge in [0.2, 0.25) is 11.8 Å². The zero-order valence-corrected chi connectivity index (χ0v) is 18.9. The Labute approximate surface area is 200 Å². The number of amides is 3. The van der Waals surface area contributed by atoms with Crippen molar-refractivity contribution in [3.05, 3.63) is 100 Å². The highest BCUT2D eigenvalue weighted by Crippen LogP contribution is 2.33. The number of benzene rings is 2. The molecule has 1 saturated heterocycles. The number of thiophene rings is 1. The van der Waals surface area contributed by atoms with E-state index < -0.39 is 12.0 Å². The molecule has 1 aliphatic carbocycles. The van der Waals surface area contributed by atoms with Crippen LogP contribution in [0.4, 0.5) is 10.1 Å². The minimum absolute atomic E-state index is 0.186. The number of hydrogen-bond donors (Lipinski definition) is 2. The lowest BCUT2D eigenvalue weighted by Gasteiger charge is -2.38. The number of carbonyl (C=O) groups excluding carboxylic acids is 3. The largest absolute Gasteiger partial charge is 0.340 e. The molecular formula is C26H22FN3O3S. The minimum atomic E-state index is -0.456. The molecule has 2 aliphatic rings. The molecule has 3 atom stereocenters. The molecular weight excluding hydrogens is 453 g/mol. The van der Waals surface area contributed by atoms with Crippen molar-refractivity contribution >= 4 is 34.7 Å². The molecule has 172 valence electrons. The molecule has 3 amide bonds. The van der Waals surface area contributed by atoms with E-state index in [0.29, 0.717) is 24.1 Å². The molecule has 1 aromatic heterocycles. The van der Waals surface area contributed by atoms with Gasteiger partial charge in [-0.05, 0) is 60.2 Å². The number of rotatable bonds is 5. The number of anilines is 1. The Morgan fingerprint density at radius 2 is 1.79 bits per heavy atom. The Bertz CT molecular complexity index is 1260. The van der Waals surface area contributed by atoms with Crippen molar-refractivity contribution in [2.24, 2.45) is 11.8 Å². The van der Waals surface area contributed by atoms with E-state index in [0.717, 1.165) is 10.4 Å². The van der Waals surface area contributed by atoms with E-state index in [9.17, 15) is 18.8 Å². The van der Waals surface area contributed by atoms with Crippen LogP contribution < -0.4 is 15.8 Å². The molecule has 6 nitrogen and oxygen atoms in total. The number of nitrogens with one attached hydrogen (secondary N) is 2. The van der Waals surface area contributed by atoms with Gasteiger partial charge in [-0.2, -0.15) is 0 Å². The second-order valence-corrected chi connectivity index (χ2v) is 9.31. The molecule has 3 unspecified atom stereocenters. The zero-order valence-electron chi connectivity index (χ0n) is 18.1. The lowest BCUT2D eigenvalue weighted by molar-refractivity contribution is -0.139. The van der Waals surface area contributed by atoms with Gasteiger partial charge < -0.3 is 5.32 Å². The molecule has 2 aromatic carbocycles. The summed E-state index contributed by atoms with van der Waals surface area (Å²) in [6.45, 7) is 0. The third-order valence-electron chi connectivity index (χ3n) is 6.20. The highest BCUT2D eigenvalue weighted by molar-refractivity contribution is 7.10. The fraction of sp³-hybridized carbons (Fsp3) is 0.192. The SMILES string of the molecule is O=C(NC(c1ccc(F)cc1)c1cccs1)c1cccc(N2NC(=O)C3CC=CCC3C2=O)c1. The van der Waals surface area contributed by atoms with E-state index in [1.807, 2.05) is 29.7 Å². The second kappa shape index (κ2) is 9.23. The van der Waals surface area contributed by atoms with Crippen LogP contribution in [0.15, 0.2) is 78.2 Å². The van der Waals surface area contributed by atoms with Crippen molar-refractivity contribution in [2.75, 3.05) is 5.01 Å². The standard InChI is InChI=1S/C26H22FN3O3S/c27-18-12-10-16(11-13-18)23(22-9-4-14-34-22)28-24(31)17-5-3-6-19(15-17)30-26(33)21-8-2-1-7-20(21)25(32)29-30/h1-6,9-15,20-21,23H,7-8H2,(H,28,31)(H,29,32). The number of nitrogens with zero attached hydrogens (tertiary/aromatic N) is 1. The first-order chi connectivity index (χ1) is 16.5. The van der Waals surface area contributed by atoms with Gasteiger partial charge in [0.05, 0.1) is 23.6 Å². The highest BCUT2D eigenvalue weighted by Gasteiger charge is 2.42. The van der Waals surface area contributed by atoms with E-state index >= 15 is 0 Å². The summed E-state index contributed by atoms with van der Waals surface area (Å²) in [6.07, 6.45) is 4.93. The van der Waals surface area contributed by atoms with E-state index in [2.05, 4.69) is 10.7 Å². The van der Waals surface area contributed by atoms with Crippen molar-refractivity contribution in [1.82, 2.24) is 10.7 Å². The van der Waals surface area contributed by atoms with Crippen LogP contribution in [0.2, 0.25) is 0 Å². The Hall–Kier alpha value is -3.78. The summed E-state index contributed by atoms with van der Waals surface area (Å²) in [5, 5.41) is 6.18. The van der Waals surface area contributed by atoms with Crippen LogP contribution in [0.5, 0.6) is 0 Å². The molecule has 1 fully saturated rings. The van der Waals surface area contributed by atoms with Crippen LogP contribution in [-0.4, -0.2) is 17.7 Å². The normalized spacial score (nSPS) is 20.4. The Kier molecular flexibility index (Phi) is 5.98. The predicted octanol–water partition coefficient (Wildman–Crippen LogP) is 4.37. The number of halogens is 1. The number of hydrogen-bond acceptors (Lipinski definition) is 4. The molecule has 1 aliphatic heterocycles. The zero-order chi connectivity index (χ0) is 23.7. The smallest absolute Gasteiger partial charge is 0.252 e. The molecule has 5 rings (SSSR count). The fourth-order valence-electron chi connectivity index (χ4n) is 4.41. The number of fused-ring (bicyclic) bond motifs is 1. The van der Waals surface area contributed by atoms with Gasteiger partial charge in [-0.1, -0.05) is 36.4 Å². The van der Waals surface area contributed by atoms with Gasteiger partial charge in [0.1, 0.15) is 5.82 Å². The molecule has 0 spiro atoms. The van der Waals surface area contributed by atoms with Gasteiger partial charge in [0, 0.05) is 10.4 Å². The summed E-state index contributed by atoms with van der Waals surface area (Å²) in [5.74, 6) is -1.84. The topological polar surface area (TPSA) is 78.5 Å². The lowest BCUT2D eigenvalue weighted by atomic mass is 9.80. The van der Waals surface area contributed by atoms with Gasteiger partial charge in [0.15, 0.2) is 0 Å². The molecule has 0 bridgehead atoms. The summed E-state index contributed by atoms with van der Waals surface area (Å²) < 4.78 is 13.5. The number of carbonyl (C=O) groups is 3. The van der Waals surface area contributed by atoms with E-state index in [-0.39, 0.29) is 29.5 Å². The minimum Gasteiger partial charge on any atom is -0.340 e. The van der Waals surface area contributed by atoms with Gasteiger partial charge in [-0.3, -0.25) is 19.8 Å². The Morgan fingerprint density at radius 3 is 2.53 bits per heavy atom. The molecule has 0 radical (unpaired) electrons. The summed E-state index contributed by atoms with van der Waals surface area (Å²) in [5.41, 5.74) is 4.21. The van der Waals surface area contributed by atoms with Crippen LogP contribution >= 0.6 is 11.3 Å². The van der Waals surface area contributed by atoms with E-state index in [4.69, 9.17) is 0 Å². The van der Waals surface area contributed by atoms with E-state index in [1.165, 1.54) is 28.5 Å². The first kappa shape index (κ1) is 22.0. The van der Waals surface area contributed by atoms with Gasteiger partial charge in [-0.15, -0.1) is 11.3 Å². The second-order valence-electron chi connectivity index (χ2n) is 8.33. The molecule has 8 heteroatoms. The van der Waals surface area contributed by atoms with Crippen molar-refractivity contribution in [1.29, 1.82) is 0 Å². The molecule has 0 saturated carbocycles. The first-order valence-electron chi connectivity index (χ1n) is 11.0. The lowest BCUT2D eigenvalue weighted by Crippen LogP contribution is -2.59. The van der Waals surface area contributed by atoms with Crippen LogP contribution in [0.25, 0.3) is 0 Å². The van der Waals surface area contributed by atoms with Gasteiger partial charge >= 0.3 is 0 Å². The van der Waals surface area contributed by atoms with Gasteiger partial charge in [-0.25, -0.2) is 9.40 Å². The van der Waals surface area contributed by atoms with Crippen LogP contribution in [0, 0.1) is 17.7 Å². The summed E-state index contributed by atoms with van der Waals surface area (Å²) in [7, 11) is 0. The maximum Gasteiger partial charge on any atom is 0.252 e. The summed E-state index contributed by atoms with van der Waals surface area (Å²) in [4.78, 5) is 39.8. The van der Waals surface area contributed by atoms with Crippen molar-refractivity contribution in [3.63, 3.8) is 0 Å². The van der Waals surface area contributed by atoms with Crippen molar-refractivity contribution in [3.8, 4) is 0 Å². The average Bonchev–Trinajstić information content (AvgIpc) is 3.40. The van der Waals surface area contributed by atoms with Crippen LogP contribution in [0.3, 0.4) is 0 Å². The molecule has 3 aromatic rings. The number of hydrazine groups is 1. The maximum absolute atomic E-state index is 13.5. The highest BCUT2D eigenvalue weighted by atomic mass is 32.1. The molecule has 2 N–H and O–H groups in total. The van der Waals surface area contributed by atoms with Crippen molar-refractivity contribution < 1.29 is 18.8 Å². The third kappa shape index (κ3) is 4.24. The van der Waals surface area contributed by atoms with Crippen molar-refractivity contribution in [2.45, 2.75) is 18.9 Å². The van der Waals surface area contributed by atoms with Crippen LogP contribution in [-0.2, 0) is 9.59 Å². The van der Waals surface area contributed by atoms with Gasteiger partial charge in [0.25, 0.3) is 5.91 Å². The summed E-state index contributed by atoms with van der Waals surface area (Å²) in [6, 6.07) is 16.0. The number of allylic oxidation sites excluding steroid dienone is 2. The molecule has 2 heterocycles. The average molecular weight is 476 g/mol. The van der Waals surface area contributed by atoms with E-state index in [1.54, 1.807) is 36.4 Å².